The van der Waals surface area contributed by atoms with E-state index >= 15 is 0 Å². The van der Waals surface area contributed by atoms with Crippen LogP contribution < -0.4 is 10.6 Å². The molecule has 0 atom stereocenters. The smallest absolute Gasteiger partial charge is 0.191 e. The van der Waals surface area contributed by atoms with E-state index in [4.69, 9.17) is 0 Å². The summed E-state index contributed by atoms with van der Waals surface area (Å²) in [6.45, 7) is 6.79. The molecule has 0 aliphatic carbocycles. The molecule has 0 radical (unpaired) electrons. The Morgan fingerprint density at radius 2 is 2.04 bits per heavy atom. The molecular weight excluding hydrogens is 473 g/mol. The van der Waals surface area contributed by atoms with E-state index in [1.165, 1.54) is 24.1 Å². The van der Waals surface area contributed by atoms with Gasteiger partial charge in [-0.05, 0) is 33.1 Å². The lowest BCUT2D eigenvalue weighted by atomic mass is 10.2. The molecule has 9 heteroatoms. The molecule has 1 aliphatic heterocycles. The number of fused-ring (bicyclic) bond motifs is 1. The third kappa shape index (κ3) is 6.13. The number of aromatic nitrogens is 4. The molecule has 3 heterocycles. The first-order valence-electron chi connectivity index (χ1n) is 9.45. The number of nitrogens with one attached hydrogen (secondary N) is 2. The summed E-state index contributed by atoms with van der Waals surface area (Å²) in [5.74, 6) is 3.12. The highest BCUT2D eigenvalue weighted by Gasteiger charge is 2.14. The maximum absolute atomic E-state index is 4.46. The Balaban J connectivity index is 0.00000261. The highest BCUT2D eigenvalue weighted by molar-refractivity contribution is 14.0. The van der Waals surface area contributed by atoms with Crippen molar-refractivity contribution in [2.75, 3.05) is 13.6 Å². The second-order valence-corrected chi connectivity index (χ2v) is 7.98. The predicted octanol–water partition coefficient (Wildman–Crippen LogP) is 2.99. The minimum Gasteiger partial charge on any atom is -0.356 e. The van der Waals surface area contributed by atoms with Crippen LogP contribution in [0.25, 0.3) is 0 Å². The maximum atomic E-state index is 4.46. The van der Waals surface area contributed by atoms with Gasteiger partial charge in [0, 0.05) is 37.9 Å². The van der Waals surface area contributed by atoms with Gasteiger partial charge in [0.25, 0.3) is 0 Å². The fourth-order valence-electron chi connectivity index (χ4n) is 3.31. The molecule has 27 heavy (non-hydrogen) atoms. The van der Waals surface area contributed by atoms with Crippen molar-refractivity contribution in [3.05, 3.63) is 27.2 Å². The van der Waals surface area contributed by atoms with Crippen molar-refractivity contribution < 1.29 is 0 Å². The van der Waals surface area contributed by atoms with Crippen LogP contribution in [0.15, 0.2) is 4.99 Å². The van der Waals surface area contributed by atoms with Crippen molar-refractivity contribution in [3.8, 4) is 0 Å². The number of aliphatic imine (C=N–C) groups is 1. The Morgan fingerprint density at radius 1 is 1.19 bits per heavy atom. The lowest BCUT2D eigenvalue weighted by molar-refractivity contribution is 0.594. The fourth-order valence-corrected chi connectivity index (χ4v) is 4.18. The maximum Gasteiger partial charge on any atom is 0.191 e. The molecule has 7 nitrogen and oxygen atoms in total. The average molecular weight is 503 g/mol. The third-order valence-corrected chi connectivity index (χ3v) is 5.77. The Bertz CT molecular complexity index is 753. The normalized spacial score (nSPS) is 14.3. The Kier molecular flexibility index (Phi) is 8.94. The molecule has 150 valence electrons. The molecule has 0 fully saturated rings. The third-order valence-electron chi connectivity index (χ3n) is 4.70. The van der Waals surface area contributed by atoms with Gasteiger partial charge >= 0.3 is 0 Å². The molecule has 0 unspecified atom stereocenters. The van der Waals surface area contributed by atoms with Crippen LogP contribution in [0, 0.1) is 13.8 Å². The first-order valence-corrected chi connectivity index (χ1v) is 10.3. The second-order valence-electron chi connectivity index (χ2n) is 6.69. The predicted molar refractivity (Wildman–Crippen MR) is 121 cm³/mol. The van der Waals surface area contributed by atoms with Gasteiger partial charge in [0.1, 0.15) is 11.6 Å². The zero-order valence-corrected chi connectivity index (χ0v) is 19.6. The molecule has 2 aromatic heterocycles. The molecule has 0 saturated heterocycles. The summed E-state index contributed by atoms with van der Waals surface area (Å²) >= 11 is 1.73. The van der Waals surface area contributed by atoms with Crippen molar-refractivity contribution in [2.24, 2.45) is 4.99 Å². The van der Waals surface area contributed by atoms with Gasteiger partial charge in [-0.3, -0.25) is 4.99 Å². The number of hydrogen-bond donors (Lipinski definition) is 2. The first-order chi connectivity index (χ1) is 12.7. The number of hydrogen-bond acceptors (Lipinski definition) is 5. The van der Waals surface area contributed by atoms with Crippen LogP contribution in [-0.2, 0) is 25.9 Å². The van der Waals surface area contributed by atoms with Crippen LogP contribution in [0.2, 0.25) is 0 Å². The molecule has 0 aromatic carbocycles. The zero-order valence-electron chi connectivity index (χ0n) is 16.4. The number of halogens is 1. The highest BCUT2D eigenvalue weighted by atomic mass is 127. The molecule has 2 N–H and O–H groups in total. The molecule has 0 bridgehead atoms. The largest absolute Gasteiger partial charge is 0.356 e. The van der Waals surface area contributed by atoms with E-state index in [0.29, 0.717) is 0 Å². The van der Waals surface area contributed by atoms with Gasteiger partial charge in [0.05, 0.1) is 17.2 Å². The van der Waals surface area contributed by atoms with E-state index in [2.05, 4.69) is 42.3 Å². The van der Waals surface area contributed by atoms with E-state index < -0.39 is 0 Å². The molecule has 3 rings (SSSR count). The van der Waals surface area contributed by atoms with Crippen LogP contribution in [-0.4, -0.2) is 39.3 Å². The highest BCUT2D eigenvalue weighted by Crippen LogP contribution is 2.16. The first kappa shape index (κ1) is 22.1. The second kappa shape index (κ2) is 10.9. The lowest BCUT2D eigenvalue weighted by Crippen LogP contribution is -2.37. The number of rotatable bonds is 6. The van der Waals surface area contributed by atoms with E-state index in [-0.39, 0.29) is 24.0 Å². The Morgan fingerprint density at radius 3 is 2.78 bits per heavy atom. The Hall–Kier alpha value is -1.23. The van der Waals surface area contributed by atoms with Crippen LogP contribution in [0.4, 0.5) is 0 Å². The molecular formula is C18H30IN7S. The standard InChI is InChI=1S/C18H29N7S.HI/c1-13-15(26-14(2)22-13)12-21-18(19-3)20-10-7-9-17-24-23-16-8-5-4-6-11-25(16)17;/h4-12H2,1-3H3,(H2,19,20,21);1H. The molecule has 0 spiro atoms. The van der Waals surface area contributed by atoms with Crippen LogP contribution in [0.3, 0.4) is 0 Å². The summed E-state index contributed by atoms with van der Waals surface area (Å²) < 4.78 is 2.33. The van der Waals surface area contributed by atoms with E-state index in [1.54, 1.807) is 18.4 Å². The van der Waals surface area contributed by atoms with Gasteiger partial charge in [0.15, 0.2) is 5.96 Å². The summed E-state index contributed by atoms with van der Waals surface area (Å²) in [6, 6.07) is 0. The van der Waals surface area contributed by atoms with E-state index in [1.807, 2.05) is 6.92 Å². The zero-order chi connectivity index (χ0) is 18.4. The monoisotopic (exact) mass is 503 g/mol. The fraction of sp³-hybridized carbons (Fsp3) is 0.667. The molecule has 0 saturated carbocycles. The summed E-state index contributed by atoms with van der Waals surface area (Å²) in [5, 5.41) is 16.6. The van der Waals surface area contributed by atoms with Gasteiger partial charge in [-0.1, -0.05) is 6.42 Å². The topological polar surface area (TPSA) is 80.0 Å². The van der Waals surface area contributed by atoms with Gasteiger partial charge in [0.2, 0.25) is 0 Å². The summed E-state index contributed by atoms with van der Waals surface area (Å²) in [6.07, 6.45) is 6.80. The van der Waals surface area contributed by atoms with Crippen molar-refractivity contribution in [1.29, 1.82) is 0 Å². The minimum atomic E-state index is 0. The van der Waals surface area contributed by atoms with Crippen molar-refractivity contribution in [3.63, 3.8) is 0 Å². The van der Waals surface area contributed by atoms with Gasteiger partial charge in [-0.2, -0.15) is 0 Å². The quantitative estimate of drug-likeness (QED) is 0.274. The Labute approximate surface area is 182 Å². The summed E-state index contributed by atoms with van der Waals surface area (Å²) in [5.41, 5.74) is 1.10. The van der Waals surface area contributed by atoms with E-state index in [9.17, 15) is 0 Å². The molecule has 2 aromatic rings. The minimum absolute atomic E-state index is 0. The van der Waals surface area contributed by atoms with Crippen LogP contribution >= 0.6 is 35.3 Å². The average Bonchev–Trinajstić information content (AvgIpc) is 3.06. The SMILES string of the molecule is CN=C(NCCCc1nnc2n1CCCCC2)NCc1sc(C)nc1C.I. The molecule has 0 amide bonds. The van der Waals surface area contributed by atoms with E-state index in [0.717, 1.165) is 67.2 Å². The van der Waals surface area contributed by atoms with Crippen molar-refractivity contribution in [1.82, 2.24) is 30.4 Å². The lowest BCUT2D eigenvalue weighted by Gasteiger charge is -2.11. The van der Waals surface area contributed by atoms with Gasteiger partial charge in [-0.15, -0.1) is 45.5 Å². The number of guanidine groups is 1. The number of aryl methyl sites for hydroxylation is 4. The van der Waals surface area contributed by atoms with Crippen LogP contribution in [0.5, 0.6) is 0 Å². The number of nitrogens with zero attached hydrogens (tertiary/aromatic N) is 5. The van der Waals surface area contributed by atoms with Crippen molar-refractivity contribution >= 4 is 41.3 Å². The van der Waals surface area contributed by atoms with Gasteiger partial charge < -0.3 is 15.2 Å². The van der Waals surface area contributed by atoms with Crippen LogP contribution in [0.1, 0.15) is 52.9 Å². The van der Waals surface area contributed by atoms with Gasteiger partial charge in [-0.25, -0.2) is 4.98 Å². The number of thiazole rings is 1. The van der Waals surface area contributed by atoms with Crippen molar-refractivity contribution in [2.45, 2.75) is 65.5 Å². The summed E-state index contributed by atoms with van der Waals surface area (Å²) in [7, 11) is 1.80. The summed E-state index contributed by atoms with van der Waals surface area (Å²) in [4.78, 5) is 10.0. The molecule has 1 aliphatic rings.